The van der Waals surface area contributed by atoms with Crippen LogP contribution in [0.4, 0.5) is 5.69 Å². The molecule has 3 fully saturated rings. The van der Waals surface area contributed by atoms with E-state index in [-0.39, 0.29) is 36.7 Å². The number of amides is 2. The number of Topliss-reactive ketones (excluding diaryl/α,β-unsaturated/α-hetero) is 1. The molecule has 12 nitrogen and oxygen atoms in total. The molecule has 0 radical (unpaired) electrons. The highest BCUT2D eigenvalue weighted by molar-refractivity contribution is 5.99. The maximum atomic E-state index is 13.7. The molecule has 0 aromatic heterocycles. The maximum Gasteiger partial charge on any atom is 0.251 e. The van der Waals surface area contributed by atoms with Crippen molar-refractivity contribution < 1.29 is 23.9 Å². The van der Waals surface area contributed by atoms with E-state index in [0.29, 0.717) is 12.0 Å². The van der Waals surface area contributed by atoms with Crippen LogP contribution in [-0.4, -0.2) is 111 Å². The Morgan fingerprint density at radius 3 is 2.58 bits per heavy atom. The zero-order chi connectivity index (χ0) is 27.2. The fourth-order valence-corrected chi connectivity index (χ4v) is 5.39. The summed E-state index contributed by atoms with van der Waals surface area (Å²) in [5, 5.41) is 6.65. The number of fused-ring (bicyclic) bond motifs is 1. The Balaban J connectivity index is 1.42. The minimum atomic E-state index is -0.828. The van der Waals surface area contributed by atoms with Gasteiger partial charge in [0.25, 0.3) is 5.91 Å². The molecule has 1 aromatic rings. The second-order valence-corrected chi connectivity index (χ2v) is 10.2. The van der Waals surface area contributed by atoms with Gasteiger partial charge in [-0.3, -0.25) is 19.3 Å². The van der Waals surface area contributed by atoms with Crippen molar-refractivity contribution >= 4 is 23.3 Å². The zero-order valence-corrected chi connectivity index (χ0v) is 22.3. The number of rotatable bonds is 10. The lowest BCUT2D eigenvalue weighted by atomic mass is 9.96. The van der Waals surface area contributed by atoms with E-state index < -0.39 is 24.2 Å². The lowest BCUT2D eigenvalue weighted by Gasteiger charge is -2.36. The van der Waals surface area contributed by atoms with Gasteiger partial charge >= 0.3 is 0 Å². The standard InChI is InChI=1S/C26H37N7O5/c1-4-17(2)22(26(36)33-15-20(29-30-27)24-23(33)21(34)16-38-24)28-25(35)18-5-7-19(8-6-18)32-11-9-31(10-12-32)13-14-37-3/h5-8,17,20,22-24H,4,9-16H2,1-3H3,(H,28,35)/t17-,20-,22-,23+,24+/m0/s1. The van der Waals surface area contributed by atoms with Crippen LogP contribution < -0.4 is 10.2 Å². The van der Waals surface area contributed by atoms with Crippen LogP contribution in [0.25, 0.3) is 10.4 Å². The smallest absolute Gasteiger partial charge is 0.251 e. The van der Waals surface area contributed by atoms with Crippen LogP contribution in [0.1, 0.15) is 30.6 Å². The molecule has 0 aliphatic carbocycles. The SMILES string of the molecule is CC[C@H](C)[C@H](NC(=O)c1ccc(N2CCN(CCOC)CC2)cc1)C(=O)N1C[C@H](N=[N+]=[N-])[C@H]2OCC(=O)[C@H]21. The maximum absolute atomic E-state index is 13.7. The summed E-state index contributed by atoms with van der Waals surface area (Å²) in [5.41, 5.74) is 10.4. The van der Waals surface area contributed by atoms with Crippen molar-refractivity contribution in [2.75, 3.05) is 64.5 Å². The second-order valence-electron chi connectivity index (χ2n) is 10.2. The third kappa shape index (κ3) is 5.94. The van der Waals surface area contributed by atoms with Crippen molar-refractivity contribution in [2.45, 2.75) is 44.5 Å². The first-order valence-electron chi connectivity index (χ1n) is 13.2. The van der Waals surface area contributed by atoms with E-state index in [0.717, 1.165) is 45.0 Å². The molecule has 5 atom stereocenters. The molecule has 1 N–H and O–H groups in total. The predicted molar refractivity (Wildman–Crippen MR) is 141 cm³/mol. The van der Waals surface area contributed by atoms with Crippen molar-refractivity contribution in [1.29, 1.82) is 0 Å². The van der Waals surface area contributed by atoms with E-state index in [1.807, 2.05) is 26.0 Å². The van der Waals surface area contributed by atoms with Gasteiger partial charge in [-0.1, -0.05) is 25.4 Å². The zero-order valence-electron chi connectivity index (χ0n) is 22.3. The van der Waals surface area contributed by atoms with Gasteiger partial charge in [0.05, 0.1) is 18.8 Å². The number of anilines is 1. The number of azide groups is 1. The molecular formula is C26H37N7O5. The number of nitrogens with one attached hydrogen (secondary N) is 1. The number of methoxy groups -OCH3 is 1. The van der Waals surface area contributed by atoms with Crippen molar-refractivity contribution in [3.8, 4) is 0 Å². The van der Waals surface area contributed by atoms with Crippen LogP contribution >= 0.6 is 0 Å². The Morgan fingerprint density at radius 1 is 1.24 bits per heavy atom. The van der Waals surface area contributed by atoms with Gasteiger partial charge < -0.3 is 24.6 Å². The number of nitrogens with zero attached hydrogens (tertiary/aromatic N) is 6. The lowest BCUT2D eigenvalue weighted by Crippen LogP contribution is -2.54. The normalized spacial score (nSPS) is 25.0. The molecule has 0 unspecified atom stereocenters. The van der Waals surface area contributed by atoms with Crippen molar-refractivity contribution in [3.63, 3.8) is 0 Å². The highest BCUT2D eigenvalue weighted by Crippen LogP contribution is 2.31. The predicted octanol–water partition coefficient (Wildman–Crippen LogP) is 1.46. The summed E-state index contributed by atoms with van der Waals surface area (Å²) in [7, 11) is 1.71. The van der Waals surface area contributed by atoms with Crippen molar-refractivity contribution in [1.82, 2.24) is 15.1 Å². The molecule has 2 amide bonds. The topological polar surface area (TPSA) is 140 Å². The summed E-state index contributed by atoms with van der Waals surface area (Å²) in [6.07, 6.45) is 0.00281. The first kappa shape index (κ1) is 27.8. The van der Waals surface area contributed by atoms with Crippen LogP contribution in [0.5, 0.6) is 0 Å². The highest BCUT2D eigenvalue weighted by atomic mass is 16.5. The molecular weight excluding hydrogens is 490 g/mol. The first-order chi connectivity index (χ1) is 18.4. The van der Waals surface area contributed by atoms with Crippen molar-refractivity contribution in [2.24, 2.45) is 11.0 Å². The highest BCUT2D eigenvalue weighted by Gasteiger charge is 2.53. The number of benzene rings is 1. The summed E-state index contributed by atoms with van der Waals surface area (Å²) >= 11 is 0. The Labute approximate surface area is 222 Å². The molecule has 206 valence electrons. The monoisotopic (exact) mass is 527 g/mol. The molecule has 3 aliphatic rings. The van der Waals surface area contributed by atoms with Crippen LogP contribution in [0.15, 0.2) is 29.4 Å². The Kier molecular flexibility index (Phi) is 9.22. The Bertz CT molecular complexity index is 1050. The fraction of sp³-hybridized carbons (Fsp3) is 0.654. The molecule has 4 rings (SSSR count). The molecule has 12 heteroatoms. The molecule has 1 aromatic carbocycles. The molecule has 0 saturated carbocycles. The van der Waals surface area contributed by atoms with Crippen LogP contribution in [0.3, 0.4) is 0 Å². The van der Waals surface area contributed by atoms with Gasteiger partial charge in [0, 0.05) is 62.5 Å². The van der Waals surface area contributed by atoms with E-state index in [9.17, 15) is 14.4 Å². The van der Waals surface area contributed by atoms with Crippen LogP contribution in [0.2, 0.25) is 0 Å². The molecule has 3 aliphatic heterocycles. The van der Waals surface area contributed by atoms with E-state index >= 15 is 0 Å². The van der Waals surface area contributed by atoms with E-state index in [4.69, 9.17) is 15.0 Å². The van der Waals surface area contributed by atoms with E-state index in [1.165, 1.54) is 4.90 Å². The average Bonchev–Trinajstić information content (AvgIpc) is 3.50. The number of ketones is 1. The molecule has 0 spiro atoms. The van der Waals surface area contributed by atoms with Crippen LogP contribution in [0, 0.1) is 5.92 Å². The number of likely N-dealkylation sites (tertiary alicyclic amines) is 1. The van der Waals surface area contributed by atoms with Gasteiger partial charge in [0.1, 0.15) is 18.7 Å². The van der Waals surface area contributed by atoms with Gasteiger partial charge in [-0.25, -0.2) is 0 Å². The first-order valence-corrected chi connectivity index (χ1v) is 13.2. The second kappa shape index (κ2) is 12.6. The summed E-state index contributed by atoms with van der Waals surface area (Å²) in [6.45, 7) is 9.16. The lowest BCUT2D eigenvalue weighted by molar-refractivity contribution is -0.139. The minimum absolute atomic E-state index is 0.0835. The Hall–Kier alpha value is -3.18. The van der Waals surface area contributed by atoms with Gasteiger partial charge in [0.2, 0.25) is 5.91 Å². The quantitative estimate of drug-likeness (QED) is 0.276. The fourth-order valence-electron chi connectivity index (χ4n) is 5.39. The van der Waals surface area contributed by atoms with Gasteiger partial charge in [-0.2, -0.15) is 0 Å². The minimum Gasteiger partial charge on any atom is -0.383 e. The van der Waals surface area contributed by atoms with E-state index in [2.05, 4.69) is 25.1 Å². The number of hydrogen-bond acceptors (Lipinski definition) is 8. The van der Waals surface area contributed by atoms with Crippen molar-refractivity contribution in [3.05, 3.63) is 40.3 Å². The third-order valence-electron chi connectivity index (χ3n) is 7.89. The summed E-state index contributed by atoms with van der Waals surface area (Å²) in [5.74, 6) is -1.10. The summed E-state index contributed by atoms with van der Waals surface area (Å²) in [4.78, 5) is 48.3. The Morgan fingerprint density at radius 2 is 1.95 bits per heavy atom. The van der Waals surface area contributed by atoms with Gasteiger partial charge in [-0.05, 0) is 35.7 Å². The molecule has 0 bridgehead atoms. The summed E-state index contributed by atoms with van der Waals surface area (Å²) < 4.78 is 10.7. The summed E-state index contributed by atoms with van der Waals surface area (Å²) in [6, 6.07) is 5.16. The van der Waals surface area contributed by atoms with Gasteiger partial charge in [0.15, 0.2) is 5.78 Å². The largest absolute Gasteiger partial charge is 0.383 e. The molecule has 3 heterocycles. The number of carbonyl (C=O) groups excluding carboxylic acids is 3. The third-order valence-corrected chi connectivity index (χ3v) is 7.89. The van der Waals surface area contributed by atoms with Crippen LogP contribution in [-0.2, 0) is 19.1 Å². The number of ether oxygens (including phenoxy) is 2. The molecule has 38 heavy (non-hydrogen) atoms. The molecule has 3 saturated heterocycles. The van der Waals surface area contributed by atoms with E-state index in [1.54, 1.807) is 19.2 Å². The number of carbonyl (C=O) groups is 3. The average molecular weight is 528 g/mol. The van der Waals surface area contributed by atoms with Gasteiger partial charge in [-0.15, -0.1) is 0 Å². The number of hydrogen-bond donors (Lipinski definition) is 1. The number of piperazine rings is 1.